The predicted octanol–water partition coefficient (Wildman–Crippen LogP) is 4.67. The smallest absolute Gasteiger partial charge is 0.283 e. The van der Waals surface area contributed by atoms with Crippen LogP contribution in [-0.2, 0) is 16.0 Å². The number of nitrogens with zero attached hydrogens (tertiary/aromatic N) is 1. The van der Waals surface area contributed by atoms with Crippen LogP contribution in [0.2, 0.25) is 0 Å². The molecule has 2 aromatic carbocycles. The molecule has 0 fully saturated rings. The van der Waals surface area contributed by atoms with Crippen LogP contribution in [0.4, 0.5) is 11.4 Å². The van der Waals surface area contributed by atoms with Gasteiger partial charge in [-0.15, -0.1) is 0 Å². The van der Waals surface area contributed by atoms with Crippen molar-refractivity contribution in [3.05, 3.63) is 70.4 Å². The fourth-order valence-corrected chi connectivity index (χ4v) is 3.18. The Hall–Kier alpha value is -2.92. The number of carbonyl (C=O) groups is 3. The van der Waals surface area contributed by atoms with Crippen LogP contribution in [0.3, 0.4) is 0 Å². The van der Waals surface area contributed by atoms with E-state index in [-0.39, 0.29) is 16.5 Å². The third-order valence-corrected chi connectivity index (χ3v) is 4.95. The maximum absolute atomic E-state index is 12.8. The van der Waals surface area contributed by atoms with Gasteiger partial charge in [0, 0.05) is 11.3 Å². The number of rotatable bonds is 7. The molecule has 1 heterocycles. The van der Waals surface area contributed by atoms with Crippen molar-refractivity contribution in [1.82, 2.24) is 0 Å². The standard InChI is InChI=1S/C22H21ClN2O3/c1-3-4-5-15-6-12-18(13-7-15)25-21(27)19(23)20(22(25)28)24-17-10-8-16(9-11-17)14(2)26/h6-13,24H,3-5H2,1-2H3. The van der Waals surface area contributed by atoms with Crippen LogP contribution in [0, 0.1) is 0 Å². The summed E-state index contributed by atoms with van der Waals surface area (Å²) in [5.74, 6) is -1.12. The highest BCUT2D eigenvalue weighted by Crippen LogP contribution is 2.30. The van der Waals surface area contributed by atoms with E-state index in [9.17, 15) is 14.4 Å². The van der Waals surface area contributed by atoms with E-state index in [4.69, 9.17) is 11.6 Å². The number of amides is 2. The highest BCUT2D eigenvalue weighted by molar-refractivity contribution is 6.53. The van der Waals surface area contributed by atoms with E-state index in [1.165, 1.54) is 6.92 Å². The number of Topliss-reactive ketones (excluding diaryl/α,β-unsaturated/α-hetero) is 1. The maximum Gasteiger partial charge on any atom is 0.283 e. The molecule has 0 unspecified atom stereocenters. The number of ketones is 1. The summed E-state index contributed by atoms with van der Waals surface area (Å²) in [7, 11) is 0. The molecule has 0 aromatic heterocycles. The molecule has 28 heavy (non-hydrogen) atoms. The molecule has 0 radical (unpaired) electrons. The van der Waals surface area contributed by atoms with Crippen molar-refractivity contribution in [3.8, 4) is 0 Å². The van der Waals surface area contributed by atoms with E-state index >= 15 is 0 Å². The number of hydrogen-bond donors (Lipinski definition) is 1. The van der Waals surface area contributed by atoms with E-state index in [0.29, 0.717) is 16.9 Å². The SMILES string of the molecule is CCCCc1ccc(N2C(=O)C(Cl)=C(Nc3ccc(C(C)=O)cc3)C2=O)cc1. The van der Waals surface area contributed by atoms with Crippen molar-refractivity contribution >= 4 is 40.6 Å². The molecule has 1 aliphatic heterocycles. The first-order valence-electron chi connectivity index (χ1n) is 9.18. The molecule has 6 heteroatoms. The maximum atomic E-state index is 12.8. The van der Waals surface area contributed by atoms with Crippen LogP contribution in [0.15, 0.2) is 59.3 Å². The zero-order valence-electron chi connectivity index (χ0n) is 15.8. The molecular weight excluding hydrogens is 376 g/mol. The minimum absolute atomic E-state index is 0.0253. The van der Waals surface area contributed by atoms with Crippen molar-refractivity contribution in [3.63, 3.8) is 0 Å². The summed E-state index contributed by atoms with van der Waals surface area (Å²) in [5, 5.41) is 2.74. The minimum atomic E-state index is -0.559. The Balaban J connectivity index is 1.78. The number of hydrogen-bond acceptors (Lipinski definition) is 4. The summed E-state index contributed by atoms with van der Waals surface area (Å²) in [4.78, 5) is 37.8. The Kier molecular flexibility index (Phi) is 5.95. The highest BCUT2D eigenvalue weighted by Gasteiger charge is 2.38. The summed E-state index contributed by atoms with van der Waals surface area (Å²) in [5.41, 5.74) is 2.79. The summed E-state index contributed by atoms with van der Waals surface area (Å²) in [6, 6.07) is 14.0. The summed E-state index contributed by atoms with van der Waals surface area (Å²) < 4.78 is 0. The van der Waals surface area contributed by atoms with Crippen LogP contribution in [0.1, 0.15) is 42.6 Å². The lowest BCUT2D eigenvalue weighted by molar-refractivity contribution is -0.120. The number of carbonyl (C=O) groups excluding carboxylic acids is 3. The van der Waals surface area contributed by atoms with Gasteiger partial charge in [0.2, 0.25) is 0 Å². The van der Waals surface area contributed by atoms with E-state index in [2.05, 4.69) is 12.2 Å². The normalized spacial score (nSPS) is 14.0. The molecular formula is C22H21ClN2O3. The van der Waals surface area contributed by atoms with Crippen molar-refractivity contribution < 1.29 is 14.4 Å². The van der Waals surface area contributed by atoms with Crippen LogP contribution in [-0.4, -0.2) is 17.6 Å². The third-order valence-electron chi connectivity index (χ3n) is 4.60. The second-order valence-electron chi connectivity index (χ2n) is 6.66. The van der Waals surface area contributed by atoms with E-state index < -0.39 is 11.8 Å². The summed E-state index contributed by atoms with van der Waals surface area (Å²) in [6.45, 7) is 3.61. The molecule has 0 saturated heterocycles. The molecule has 0 spiro atoms. The Morgan fingerprint density at radius 2 is 1.64 bits per heavy atom. The number of anilines is 2. The molecule has 144 valence electrons. The number of benzene rings is 2. The zero-order valence-corrected chi connectivity index (χ0v) is 16.5. The average Bonchev–Trinajstić information content (AvgIpc) is 2.90. The lowest BCUT2D eigenvalue weighted by Gasteiger charge is -2.15. The van der Waals surface area contributed by atoms with Crippen molar-refractivity contribution in [2.24, 2.45) is 0 Å². The monoisotopic (exact) mass is 396 g/mol. The first kappa shape index (κ1) is 19.8. The Morgan fingerprint density at radius 1 is 1.00 bits per heavy atom. The van der Waals surface area contributed by atoms with Gasteiger partial charge in [-0.25, -0.2) is 4.90 Å². The highest BCUT2D eigenvalue weighted by atomic mass is 35.5. The number of halogens is 1. The molecule has 2 aromatic rings. The van der Waals surface area contributed by atoms with E-state index in [1.807, 2.05) is 12.1 Å². The second kappa shape index (κ2) is 8.40. The van der Waals surface area contributed by atoms with Gasteiger partial charge in [-0.2, -0.15) is 0 Å². The van der Waals surface area contributed by atoms with Gasteiger partial charge in [-0.1, -0.05) is 37.1 Å². The van der Waals surface area contributed by atoms with Crippen LogP contribution in [0.5, 0.6) is 0 Å². The predicted molar refractivity (Wildman–Crippen MR) is 110 cm³/mol. The number of unbranched alkanes of at least 4 members (excludes halogenated alkanes) is 1. The Bertz CT molecular complexity index is 947. The van der Waals surface area contributed by atoms with Gasteiger partial charge in [0.05, 0.1) is 5.69 Å². The fourth-order valence-electron chi connectivity index (χ4n) is 2.97. The molecule has 0 atom stereocenters. The topological polar surface area (TPSA) is 66.5 Å². The third kappa shape index (κ3) is 3.99. The van der Waals surface area contributed by atoms with Gasteiger partial charge >= 0.3 is 0 Å². The first-order chi connectivity index (χ1) is 13.4. The first-order valence-corrected chi connectivity index (χ1v) is 9.55. The van der Waals surface area contributed by atoms with Crippen LogP contribution in [0.25, 0.3) is 0 Å². The molecule has 1 aliphatic rings. The number of nitrogens with one attached hydrogen (secondary N) is 1. The zero-order chi connectivity index (χ0) is 20.3. The molecule has 0 saturated carbocycles. The molecule has 1 N–H and O–H groups in total. The summed E-state index contributed by atoms with van der Waals surface area (Å²) in [6.07, 6.45) is 3.15. The van der Waals surface area contributed by atoms with E-state index in [1.54, 1.807) is 36.4 Å². The minimum Gasteiger partial charge on any atom is -0.350 e. The van der Waals surface area contributed by atoms with Crippen molar-refractivity contribution in [2.45, 2.75) is 33.1 Å². The average molecular weight is 397 g/mol. The van der Waals surface area contributed by atoms with Gasteiger partial charge in [-0.3, -0.25) is 14.4 Å². The molecule has 5 nitrogen and oxygen atoms in total. The molecule has 2 amide bonds. The van der Waals surface area contributed by atoms with Crippen molar-refractivity contribution in [2.75, 3.05) is 10.2 Å². The summed E-state index contributed by atoms with van der Waals surface area (Å²) >= 11 is 6.15. The molecule has 3 rings (SSSR count). The van der Waals surface area contributed by atoms with Gasteiger partial charge in [0.15, 0.2) is 5.78 Å². The van der Waals surface area contributed by atoms with Gasteiger partial charge < -0.3 is 5.32 Å². The Labute approximate surface area is 169 Å². The van der Waals surface area contributed by atoms with Gasteiger partial charge in [0.25, 0.3) is 11.8 Å². The molecule has 0 aliphatic carbocycles. The van der Waals surface area contributed by atoms with Gasteiger partial charge in [-0.05, 0) is 61.7 Å². The largest absolute Gasteiger partial charge is 0.350 e. The van der Waals surface area contributed by atoms with Gasteiger partial charge in [0.1, 0.15) is 10.7 Å². The number of aryl methyl sites for hydroxylation is 1. The number of imide groups is 1. The quantitative estimate of drug-likeness (QED) is 0.545. The fraction of sp³-hybridized carbons (Fsp3) is 0.227. The molecule has 0 bridgehead atoms. The lowest BCUT2D eigenvalue weighted by Crippen LogP contribution is -2.32. The van der Waals surface area contributed by atoms with Crippen LogP contribution >= 0.6 is 11.6 Å². The van der Waals surface area contributed by atoms with E-state index in [0.717, 1.165) is 29.7 Å². The van der Waals surface area contributed by atoms with Crippen molar-refractivity contribution in [1.29, 1.82) is 0 Å². The lowest BCUT2D eigenvalue weighted by atomic mass is 10.1. The van der Waals surface area contributed by atoms with Crippen LogP contribution < -0.4 is 10.2 Å². The second-order valence-corrected chi connectivity index (χ2v) is 7.04. The Morgan fingerprint density at radius 3 is 2.21 bits per heavy atom.